The van der Waals surface area contributed by atoms with Crippen molar-refractivity contribution < 1.29 is 14.3 Å². The van der Waals surface area contributed by atoms with E-state index >= 15 is 0 Å². The Kier molecular flexibility index (Phi) is 4.76. The first-order valence-corrected chi connectivity index (χ1v) is 7.84. The molecular formula is C15H27N3O3. The number of amides is 2. The number of nitrogens with two attached hydrogens (primary N) is 1. The second-order valence-electron chi connectivity index (χ2n) is 6.73. The zero-order valence-electron chi connectivity index (χ0n) is 13.3. The van der Waals surface area contributed by atoms with Gasteiger partial charge >= 0.3 is 6.09 Å². The maximum absolute atomic E-state index is 12.0. The van der Waals surface area contributed by atoms with Crippen LogP contribution < -0.4 is 5.73 Å². The molecule has 6 heteroatoms. The van der Waals surface area contributed by atoms with Crippen molar-refractivity contribution in [2.24, 2.45) is 5.73 Å². The lowest BCUT2D eigenvalue weighted by Crippen LogP contribution is -2.56. The van der Waals surface area contributed by atoms with Crippen LogP contribution in [0.25, 0.3) is 0 Å². The fraction of sp³-hybridized carbons (Fsp3) is 0.867. The van der Waals surface area contributed by atoms with Crippen molar-refractivity contribution in [1.29, 1.82) is 0 Å². The van der Waals surface area contributed by atoms with Gasteiger partial charge in [0.15, 0.2) is 0 Å². The third-order valence-electron chi connectivity index (χ3n) is 4.56. The Morgan fingerprint density at radius 1 is 1.24 bits per heavy atom. The fourth-order valence-corrected chi connectivity index (χ4v) is 3.51. The third-order valence-corrected chi connectivity index (χ3v) is 4.56. The minimum Gasteiger partial charge on any atom is -0.444 e. The van der Waals surface area contributed by atoms with Gasteiger partial charge < -0.3 is 15.4 Å². The summed E-state index contributed by atoms with van der Waals surface area (Å²) >= 11 is 0. The second kappa shape index (κ2) is 6.22. The van der Waals surface area contributed by atoms with Gasteiger partial charge in [-0.1, -0.05) is 6.92 Å². The molecule has 2 amide bonds. The van der Waals surface area contributed by atoms with Gasteiger partial charge in [-0.25, -0.2) is 4.79 Å². The lowest BCUT2D eigenvalue weighted by atomic mass is 10.0. The van der Waals surface area contributed by atoms with Gasteiger partial charge in [0.2, 0.25) is 5.91 Å². The zero-order chi connectivity index (χ0) is 15.6. The summed E-state index contributed by atoms with van der Waals surface area (Å²) in [6, 6.07) is 0.716. The molecule has 2 aliphatic heterocycles. The highest BCUT2D eigenvalue weighted by Gasteiger charge is 2.41. The van der Waals surface area contributed by atoms with Gasteiger partial charge in [-0.3, -0.25) is 9.69 Å². The fourth-order valence-electron chi connectivity index (χ4n) is 3.51. The molecule has 2 unspecified atom stereocenters. The van der Waals surface area contributed by atoms with Crippen molar-refractivity contribution in [2.75, 3.05) is 19.6 Å². The van der Waals surface area contributed by atoms with Gasteiger partial charge in [-0.2, -0.15) is 0 Å². The Balaban J connectivity index is 1.86. The molecule has 21 heavy (non-hydrogen) atoms. The highest BCUT2D eigenvalue weighted by molar-refractivity contribution is 5.77. The molecule has 0 saturated carbocycles. The number of piperazine rings is 1. The summed E-state index contributed by atoms with van der Waals surface area (Å²) in [6.07, 6.45) is 2.82. The van der Waals surface area contributed by atoms with Crippen molar-refractivity contribution in [3.63, 3.8) is 0 Å². The molecule has 2 bridgehead atoms. The molecule has 120 valence electrons. The van der Waals surface area contributed by atoms with Crippen LogP contribution in [0.4, 0.5) is 4.79 Å². The smallest absolute Gasteiger partial charge is 0.405 e. The minimum atomic E-state index is -0.724. The molecule has 0 aromatic heterocycles. The van der Waals surface area contributed by atoms with Gasteiger partial charge in [0.1, 0.15) is 5.60 Å². The largest absolute Gasteiger partial charge is 0.444 e. The topological polar surface area (TPSA) is 75.9 Å². The predicted molar refractivity (Wildman–Crippen MR) is 79.8 cm³/mol. The molecule has 6 nitrogen and oxygen atoms in total. The summed E-state index contributed by atoms with van der Waals surface area (Å²) in [7, 11) is 0. The highest BCUT2D eigenvalue weighted by atomic mass is 16.6. The molecule has 2 atom stereocenters. The maximum Gasteiger partial charge on any atom is 0.405 e. The Bertz CT molecular complexity index is 397. The Morgan fingerprint density at radius 2 is 1.81 bits per heavy atom. The summed E-state index contributed by atoms with van der Waals surface area (Å²) in [5, 5.41) is 0. The maximum atomic E-state index is 12.0. The lowest BCUT2D eigenvalue weighted by molar-refractivity contribution is -0.136. The highest BCUT2D eigenvalue weighted by Crippen LogP contribution is 2.31. The SMILES string of the molecule is CCC(=O)N1C2CCC1CN(CCC(C)(C)OC(N)=O)C2. The van der Waals surface area contributed by atoms with Crippen molar-refractivity contribution in [3.05, 3.63) is 0 Å². The normalized spacial score (nSPS) is 26.0. The van der Waals surface area contributed by atoms with Crippen molar-refractivity contribution in [1.82, 2.24) is 9.80 Å². The summed E-state index contributed by atoms with van der Waals surface area (Å²) in [6.45, 7) is 8.40. The van der Waals surface area contributed by atoms with Crippen LogP contribution in [0.1, 0.15) is 46.5 Å². The zero-order valence-corrected chi connectivity index (χ0v) is 13.3. The van der Waals surface area contributed by atoms with Crippen LogP contribution in [0.5, 0.6) is 0 Å². The number of carbonyl (C=O) groups excluding carboxylic acids is 2. The van der Waals surface area contributed by atoms with Crippen molar-refractivity contribution >= 4 is 12.0 Å². The van der Waals surface area contributed by atoms with Gasteiger partial charge in [0, 0.05) is 38.1 Å². The Hall–Kier alpha value is -1.30. The summed E-state index contributed by atoms with van der Waals surface area (Å²) < 4.78 is 5.12. The van der Waals surface area contributed by atoms with E-state index in [-0.39, 0.29) is 5.91 Å². The molecule has 0 spiro atoms. The van der Waals surface area contributed by atoms with E-state index in [1.54, 1.807) is 0 Å². The van der Waals surface area contributed by atoms with E-state index in [0.717, 1.165) is 38.9 Å². The predicted octanol–water partition coefficient (Wildman–Crippen LogP) is 1.34. The lowest BCUT2D eigenvalue weighted by Gasteiger charge is -2.41. The van der Waals surface area contributed by atoms with Crippen LogP contribution in [0.3, 0.4) is 0 Å². The first-order valence-electron chi connectivity index (χ1n) is 7.84. The molecule has 0 radical (unpaired) electrons. The van der Waals surface area contributed by atoms with Crippen LogP contribution in [0.2, 0.25) is 0 Å². The first-order chi connectivity index (χ1) is 9.82. The molecule has 2 fully saturated rings. The van der Waals surface area contributed by atoms with Crippen LogP contribution in [-0.4, -0.2) is 59.1 Å². The molecule has 0 aromatic rings. The van der Waals surface area contributed by atoms with Gasteiger partial charge in [0.25, 0.3) is 0 Å². The van der Waals surface area contributed by atoms with Crippen LogP contribution in [-0.2, 0) is 9.53 Å². The molecule has 0 aromatic carbocycles. The average molecular weight is 297 g/mol. The monoisotopic (exact) mass is 297 g/mol. The van der Waals surface area contributed by atoms with E-state index in [0.29, 0.717) is 18.5 Å². The van der Waals surface area contributed by atoms with E-state index in [2.05, 4.69) is 9.80 Å². The van der Waals surface area contributed by atoms with Gasteiger partial charge in [0.05, 0.1) is 0 Å². The quantitative estimate of drug-likeness (QED) is 0.830. The van der Waals surface area contributed by atoms with Gasteiger partial charge in [-0.15, -0.1) is 0 Å². The molecule has 2 N–H and O–H groups in total. The standard InChI is InChI=1S/C15H27N3O3/c1-4-13(19)18-11-5-6-12(18)10-17(9-11)8-7-15(2,3)21-14(16)20/h11-12H,4-10H2,1-3H3,(H2,16,20). The number of fused-ring (bicyclic) bond motifs is 2. The van der Waals surface area contributed by atoms with E-state index in [1.807, 2.05) is 20.8 Å². The number of nitrogens with zero attached hydrogens (tertiary/aromatic N) is 2. The molecule has 2 aliphatic rings. The van der Waals surface area contributed by atoms with E-state index in [1.165, 1.54) is 0 Å². The molecule has 2 rings (SSSR count). The van der Waals surface area contributed by atoms with Crippen LogP contribution in [0, 0.1) is 0 Å². The summed E-state index contributed by atoms with van der Waals surface area (Å²) in [5.74, 6) is 0.277. The number of likely N-dealkylation sites (tertiary alicyclic amines) is 1. The number of hydrogen-bond acceptors (Lipinski definition) is 4. The van der Waals surface area contributed by atoms with Crippen LogP contribution in [0.15, 0.2) is 0 Å². The Labute approximate surface area is 126 Å². The van der Waals surface area contributed by atoms with E-state index < -0.39 is 11.7 Å². The van der Waals surface area contributed by atoms with Crippen LogP contribution >= 0.6 is 0 Å². The summed E-state index contributed by atoms with van der Waals surface area (Å²) in [4.78, 5) is 27.4. The van der Waals surface area contributed by atoms with Gasteiger partial charge in [-0.05, 0) is 33.1 Å². The number of rotatable bonds is 5. The summed E-state index contributed by atoms with van der Waals surface area (Å²) in [5.41, 5.74) is 4.55. The second-order valence-corrected chi connectivity index (χ2v) is 6.73. The minimum absolute atomic E-state index is 0.277. The van der Waals surface area contributed by atoms with Crippen molar-refractivity contribution in [3.8, 4) is 0 Å². The number of primary amides is 1. The molecule has 2 heterocycles. The number of ether oxygens (including phenoxy) is 1. The third kappa shape index (κ3) is 3.87. The molecular weight excluding hydrogens is 270 g/mol. The molecule has 0 aliphatic carbocycles. The number of carbonyl (C=O) groups is 2. The van der Waals surface area contributed by atoms with E-state index in [4.69, 9.17) is 10.5 Å². The van der Waals surface area contributed by atoms with Crippen molar-refractivity contribution in [2.45, 2.75) is 64.1 Å². The first kappa shape index (κ1) is 16.1. The average Bonchev–Trinajstić information content (AvgIpc) is 2.65. The number of hydrogen-bond donors (Lipinski definition) is 1. The molecule has 2 saturated heterocycles. The Morgan fingerprint density at radius 3 is 2.29 bits per heavy atom. The van der Waals surface area contributed by atoms with E-state index in [9.17, 15) is 9.59 Å².